The van der Waals surface area contributed by atoms with Gasteiger partial charge >= 0.3 is 0 Å². The lowest BCUT2D eigenvalue weighted by molar-refractivity contribution is -0.139. The minimum absolute atomic E-state index is 0.0570. The Hall–Kier alpha value is -2.37. The van der Waals surface area contributed by atoms with Crippen molar-refractivity contribution in [3.63, 3.8) is 0 Å². The highest BCUT2D eigenvalue weighted by Gasteiger charge is 2.45. The summed E-state index contributed by atoms with van der Waals surface area (Å²) in [5.41, 5.74) is 0.745. The molecule has 1 aliphatic rings. The summed E-state index contributed by atoms with van der Waals surface area (Å²) in [7, 11) is 0. The molecule has 27 heavy (non-hydrogen) atoms. The third-order valence-electron chi connectivity index (χ3n) is 4.38. The van der Waals surface area contributed by atoms with E-state index in [1.807, 2.05) is 6.92 Å². The Bertz CT molecular complexity index is 941. The zero-order valence-electron chi connectivity index (χ0n) is 14.4. The second kappa shape index (κ2) is 7.71. The van der Waals surface area contributed by atoms with Gasteiger partial charge < -0.3 is 10.0 Å². The molecule has 4 nitrogen and oxygen atoms in total. The minimum Gasteiger partial charge on any atom is -0.507 e. The summed E-state index contributed by atoms with van der Waals surface area (Å²) in [6, 6.07) is 9.12. The molecule has 1 saturated heterocycles. The zero-order chi connectivity index (χ0) is 19.7. The number of halogens is 3. The highest BCUT2D eigenvalue weighted by molar-refractivity contribution is 6.46. The molecule has 0 aliphatic carbocycles. The summed E-state index contributed by atoms with van der Waals surface area (Å²) in [4.78, 5) is 26.6. The first-order chi connectivity index (χ1) is 12.8. The van der Waals surface area contributed by atoms with Crippen molar-refractivity contribution in [2.75, 3.05) is 6.54 Å². The van der Waals surface area contributed by atoms with Gasteiger partial charge in [-0.1, -0.05) is 42.3 Å². The molecule has 1 N–H and O–H groups in total. The summed E-state index contributed by atoms with van der Waals surface area (Å²) >= 11 is 11.9. The number of hydrogen-bond donors (Lipinski definition) is 1. The lowest BCUT2D eigenvalue weighted by atomic mass is 9.95. The fraction of sp³-hybridized carbons (Fsp3) is 0.200. The van der Waals surface area contributed by atoms with Crippen molar-refractivity contribution in [1.29, 1.82) is 0 Å². The third-order valence-corrected chi connectivity index (χ3v) is 5.12. The molecule has 0 radical (unpaired) electrons. The number of ketones is 1. The number of carbonyl (C=O) groups is 2. The Labute approximate surface area is 165 Å². The Morgan fingerprint density at radius 3 is 2.37 bits per heavy atom. The first-order valence-corrected chi connectivity index (χ1v) is 9.10. The maximum Gasteiger partial charge on any atom is 0.295 e. The first-order valence-electron chi connectivity index (χ1n) is 8.34. The molecule has 2 aromatic rings. The van der Waals surface area contributed by atoms with Crippen LogP contribution < -0.4 is 0 Å². The van der Waals surface area contributed by atoms with Crippen LogP contribution in [0, 0.1) is 5.82 Å². The maximum atomic E-state index is 13.3. The second-order valence-electron chi connectivity index (χ2n) is 6.17. The first kappa shape index (κ1) is 19.4. The smallest absolute Gasteiger partial charge is 0.295 e. The Kier molecular flexibility index (Phi) is 5.53. The molecule has 1 unspecified atom stereocenters. The number of Topliss-reactive ketones (excluding diaryl/α,β-unsaturated/α-hetero) is 1. The maximum absolute atomic E-state index is 13.3. The van der Waals surface area contributed by atoms with Gasteiger partial charge in [0.25, 0.3) is 11.7 Å². The van der Waals surface area contributed by atoms with Gasteiger partial charge in [0, 0.05) is 12.1 Å². The van der Waals surface area contributed by atoms with E-state index in [1.54, 1.807) is 0 Å². The van der Waals surface area contributed by atoms with Crippen molar-refractivity contribution in [2.45, 2.75) is 19.4 Å². The normalized spacial score (nSPS) is 19.0. The quantitative estimate of drug-likeness (QED) is 0.442. The van der Waals surface area contributed by atoms with Crippen LogP contribution in [-0.4, -0.2) is 28.2 Å². The molecule has 0 aromatic heterocycles. The average Bonchev–Trinajstić information content (AvgIpc) is 2.89. The van der Waals surface area contributed by atoms with Gasteiger partial charge in [0.05, 0.1) is 21.7 Å². The van der Waals surface area contributed by atoms with Crippen molar-refractivity contribution < 1.29 is 19.1 Å². The number of aliphatic hydroxyl groups excluding tert-OH is 1. The number of carbonyl (C=O) groups excluding carboxylic acids is 2. The number of rotatable bonds is 4. The molecule has 2 aromatic carbocycles. The number of aliphatic hydroxyl groups is 1. The SMILES string of the molecule is CCCN1C(=O)C(=O)/C(=C(\O)c2ccc(Cl)c(Cl)c2)C1c1ccc(F)cc1. The molecular weight excluding hydrogens is 392 g/mol. The van der Waals surface area contributed by atoms with Gasteiger partial charge in [-0.2, -0.15) is 0 Å². The van der Waals surface area contributed by atoms with Crippen molar-refractivity contribution in [2.24, 2.45) is 0 Å². The lowest BCUT2D eigenvalue weighted by Gasteiger charge is -2.24. The number of benzene rings is 2. The van der Waals surface area contributed by atoms with E-state index in [1.165, 1.54) is 47.4 Å². The summed E-state index contributed by atoms with van der Waals surface area (Å²) in [5, 5.41) is 11.3. The molecule has 1 fully saturated rings. The van der Waals surface area contributed by atoms with Crippen LogP contribution in [0.2, 0.25) is 10.0 Å². The number of likely N-dealkylation sites (tertiary alicyclic amines) is 1. The predicted molar refractivity (Wildman–Crippen MR) is 102 cm³/mol. The van der Waals surface area contributed by atoms with E-state index in [2.05, 4.69) is 0 Å². The van der Waals surface area contributed by atoms with E-state index in [9.17, 15) is 19.1 Å². The van der Waals surface area contributed by atoms with Gasteiger partial charge in [0.2, 0.25) is 0 Å². The summed E-state index contributed by atoms with van der Waals surface area (Å²) in [6.45, 7) is 2.20. The number of nitrogens with zero attached hydrogens (tertiary/aromatic N) is 1. The number of amides is 1. The Balaban J connectivity index is 2.19. The minimum atomic E-state index is -0.806. The van der Waals surface area contributed by atoms with E-state index < -0.39 is 23.5 Å². The third kappa shape index (κ3) is 3.57. The van der Waals surface area contributed by atoms with E-state index in [0.717, 1.165) is 0 Å². The van der Waals surface area contributed by atoms with Crippen LogP contribution in [0.25, 0.3) is 5.76 Å². The van der Waals surface area contributed by atoms with Gasteiger partial charge in [-0.3, -0.25) is 9.59 Å². The molecular formula is C20H16Cl2FNO3. The van der Waals surface area contributed by atoms with Gasteiger partial charge in [0.15, 0.2) is 0 Å². The molecule has 0 saturated carbocycles. The fourth-order valence-electron chi connectivity index (χ4n) is 3.14. The van der Waals surface area contributed by atoms with Crippen LogP contribution in [0.3, 0.4) is 0 Å². The molecule has 1 amide bonds. The van der Waals surface area contributed by atoms with Crippen LogP contribution in [0.15, 0.2) is 48.0 Å². The van der Waals surface area contributed by atoms with Crippen molar-refractivity contribution in [1.82, 2.24) is 4.90 Å². The molecule has 140 valence electrons. The largest absolute Gasteiger partial charge is 0.507 e. The fourth-order valence-corrected chi connectivity index (χ4v) is 3.44. The molecule has 1 aliphatic heterocycles. The summed E-state index contributed by atoms with van der Waals surface area (Å²) in [5.74, 6) is -2.27. The van der Waals surface area contributed by atoms with E-state index in [4.69, 9.17) is 23.2 Å². The molecule has 1 atom stereocenters. The summed E-state index contributed by atoms with van der Waals surface area (Å²) < 4.78 is 13.3. The summed E-state index contributed by atoms with van der Waals surface area (Å²) in [6.07, 6.45) is 0.623. The van der Waals surface area contributed by atoms with Gasteiger partial charge in [-0.15, -0.1) is 0 Å². The zero-order valence-corrected chi connectivity index (χ0v) is 15.9. The topological polar surface area (TPSA) is 57.6 Å². The van der Waals surface area contributed by atoms with Crippen molar-refractivity contribution in [3.8, 4) is 0 Å². The molecule has 3 rings (SSSR count). The Morgan fingerprint density at radius 1 is 1.11 bits per heavy atom. The molecule has 1 heterocycles. The van der Waals surface area contributed by atoms with Crippen LogP contribution in [-0.2, 0) is 9.59 Å². The highest BCUT2D eigenvalue weighted by atomic mass is 35.5. The van der Waals surface area contributed by atoms with E-state index >= 15 is 0 Å². The van der Waals surface area contributed by atoms with E-state index in [0.29, 0.717) is 23.6 Å². The van der Waals surface area contributed by atoms with Crippen LogP contribution in [0.1, 0.15) is 30.5 Å². The van der Waals surface area contributed by atoms with Gasteiger partial charge in [-0.05, 0) is 42.3 Å². The van der Waals surface area contributed by atoms with Crippen LogP contribution in [0.5, 0.6) is 0 Å². The van der Waals surface area contributed by atoms with Crippen molar-refractivity contribution >= 4 is 40.7 Å². The van der Waals surface area contributed by atoms with Gasteiger partial charge in [0.1, 0.15) is 11.6 Å². The standard InChI is InChI=1S/C20H16Cl2FNO3/c1-2-9-24-17(11-3-6-13(23)7-4-11)16(19(26)20(24)27)18(25)12-5-8-14(21)15(22)10-12/h3-8,10,17,25H,2,9H2,1H3/b18-16-. The predicted octanol–water partition coefficient (Wildman–Crippen LogP) is 4.96. The average molecular weight is 408 g/mol. The monoisotopic (exact) mass is 407 g/mol. The van der Waals surface area contributed by atoms with Gasteiger partial charge in [-0.25, -0.2) is 4.39 Å². The van der Waals surface area contributed by atoms with Crippen LogP contribution >= 0.6 is 23.2 Å². The lowest BCUT2D eigenvalue weighted by Crippen LogP contribution is -2.30. The van der Waals surface area contributed by atoms with E-state index in [-0.39, 0.29) is 21.9 Å². The second-order valence-corrected chi connectivity index (χ2v) is 6.99. The number of hydrogen-bond acceptors (Lipinski definition) is 3. The van der Waals surface area contributed by atoms with Crippen molar-refractivity contribution in [3.05, 3.63) is 75.0 Å². The molecule has 7 heteroatoms. The Morgan fingerprint density at radius 2 is 1.78 bits per heavy atom. The van der Waals surface area contributed by atoms with Crippen LogP contribution in [0.4, 0.5) is 4.39 Å². The highest BCUT2D eigenvalue weighted by Crippen LogP contribution is 2.40. The molecule has 0 bridgehead atoms. The molecule has 0 spiro atoms.